The number of hydrogen-bond donors (Lipinski definition) is 2. The third-order valence-electron chi connectivity index (χ3n) is 3.50. The van der Waals surface area contributed by atoms with Crippen molar-refractivity contribution in [1.29, 1.82) is 0 Å². The standard InChI is InChI=1S/C11H21N3O2.ClH/c12-10(9-1-3-13-4-2-9)11(15)14-5-7-16-8-6-14;/h9-10,13H,1-8,12H2;1H. The molecule has 2 saturated heterocycles. The smallest absolute Gasteiger partial charge is 0.239 e. The third-order valence-corrected chi connectivity index (χ3v) is 3.50. The van der Waals surface area contributed by atoms with Crippen LogP contribution < -0.4 is 11.1 Å². The lowest BCUT2D eigenvalue weighted by Gasteiger charge is -2.33. The first-order chi connectivity index (χ1) is 7.79. The van der Waals surface area contributed by atoms with Crippen molar-refractivity contribution in [3.8, 4) is 0 Å². The highest BCUT2D eigenvalue weighted by Crippen LogP contribution is 2.17. The van der Waals surface area contributed by atoms with Gasteiger partial charge in [0.15, 0.2) is 0 Å². The summed E-state index contributed by atoms with van der Waals surface area (Å²) in [6, 6.07) is -0.319. The predicted octanol–water partition coefficient (Wildman–Crippen LogP) is -0.406. The van der Waals surface area contributed by atoms with Crippen LogP contribution in [0.3, 0.4) is 0 Å². The largest absolute Gasteiger partial charge is 0.378 e. The zero-order valence-electron chi connectivity index (χ0n) is 10.1. The number of amides is 1. The summed E-state index contributed by atoms with van der Waals surface area (Å²) in [5, 5.41) is 3.29. The zero-order chi connectivity index (χ0) is 11.4. The fraction of sp³-hybridized carbons (Fsp3) is 0.909. The minimum absolute atomic E-state index is 0. The van der Waals surface area contributed by atoms with Gasteiger partial charge < -0.3 is 20.7 Å². The molecule has 3 N–H and O–H groups in total. The van der Waals surface area contributed by atoms with Gasteiger partial charge in [0.1, 0.15) is 0 Å². The quantitative estimate of drug-likeness (QED) is 0.711. The molecule has 2 aliphatic heterocycles. The first kappa shape index (κ1) is 14.7. The van der Waals surface area contributed by atoms with Crippen LogP contribution in [0, 0.1) is 5.92 Å². The van der Waals surface area contributed by atoms with Crippen LogP contribution in [0.2, 0.25) is 0 Å². The van der Waals surface area contributed by atoms with Crippen molar-refractivity contribution in [2.24, 2.45) is 11.7 Å². The van der Waals surface area contributed by atoms with E-state index >= 15 is 0 Å². The highest BCUT2D eigenvalue weighted by Gasteiger charge is 2.30. The van der Waals surface area contributed by atoms with Crippen molar-refractivity contribution < 1.29 is 9.53 Å². The molecule has 2 heterocycles. The molecule has 0 aromatic heterocycles. The summed E-state index contributed by atoms with van der Waals surface area (Å²) in [6.07, 6.45) is 2.02. The molecule has 2 aliphatic rings. The molecule has 2 fully saturated rings. The first-order valence-corrected chi connectivity index (χ1v) is 6.12. The number of nitrogens with zero attached hydrogens (tertiary/aromatic N) is 1. The topological polar surface area (TPSA) is 67.6 Å². The molecule has 1 atom stereocenters. The Morgan fingerprint density at radius 2 is 1.88 bits per heavy atom. The van der Waals surface area contributed by atoms with Gasteiger partial charge in [0.05, 0.1) is 19.3 Å². The summed E-state index contributed by atoms with van der Waals surface area (Å²) in [5.74, 6) is 0.451. The number of morpholine rings is 1. The van der Waals surface area contributed by atoms with Crippen molar-refractivity contribution in [1.82, 2.24) is 10.2 Å². The zero-order valence-corrected chi connectivity index (χ0v) is 10.9. The number of rotatable bonds is 2. The van der Waals surface area contributed by atoms with Gasteiger partial charge in [-0.3, -0.25) is 4.79 Å². The van der Waals surface area contributed by atoms with E-state index in [0.717, 1.165) is 25.9 Å². The average Bonchev–Trinajstić information content (AvgIpc) is 2.39. The highest BCUT2D eigenvalue weighted by molar-refractivity contribution is 5.85. The molecule has 2 rings (SSSR count). The number of hydrogen-bond acceptors (Lipinski definition) is 4. The van der Waals surface area contributed by atoms with E-state index in [4.69, 9.17) is 10.5 Å². The van der Waals surface area contributed by atoms with Crippen LogP contribution in [-0.2, 0) is 9.53 Å². The summed E-state index contributed by atoms with van der Waals surface area (Å²) >= 11 is 0. The van der Waals surface area contributed by atoms with E-state index in [0.29, 0.717) is 32.2 Å². The molecule has 0 bridgehead atoms. The van der Waals surface area contributed by atoms with Gasteiger partial charge in [-0.25, -0.2) is 0 Å². The summed E-state index contributed by atoms with van der Waals surface area (Å²) in [5.41, 5.74) is 6.06. The summed E-state index contributed by atoms with van der Waals surface area (Å²) < 4.78 is 5.23. The maximum Gasteiger partial charge on any atom is 0.239 e. The molecule has 0 radical (unpaired) electrons. The van der Waals surface area contributed by atoms with Gasteiger partial charge in [0.2, 0.25) is 5.91 Å². The summed E-state index contributed by atoms with van der Waals surface area (Å²) in [4.78, 5) is 14.0. The van der Waals surface area contributed by atoms with Gasteiger partial charge in [-0.2, -0.15) is 0 Å². The van der Waals surface area contributed by atoms with Gasteiger partial charge in [-0.15, -0.1) is 12.4 Å². The van der Waals surface area contributed by atoms with E-state index in [2.05, 4.69) is 5.32 Å². The molecule has 17 heavy (non-hydrogen) atoms. The van der Waals surface area contributed by atoms with Gasteiger partial charge >= 0.3 is 0 Å². The molecule has 0 aromatic rings. The molecular weight excluding hydrogens is 242 g/mol. The van der Waals surface area contributed by atoms with Gasteiger partial charge in [0.25, 0.3) is 0 Å². The number of carbonyl (C=O) groups excluding carboxylic acids is 1. The van der Waals surface area contributed by atoms with Crippen LogP contribution in [0.25, 0.3) is 0 Å². The van der Waals surface area contributed by atoms with E-state index in [1.807, 2.05) is 4.90 Å². The fourth-order valence-electron chi connectivity index (χ4n) is 2.40. The maximum atomic E-state index is 12.1. The second kappa shape index (κ2) is 7.16. The Labute approximate surface area is 108 Å². The molecule has 5 nitrogen and oxygen atoms in total. The highest BCUT2D eigenvalue weighted by atomic mass is 35.5. The lowest BCUT2D eigenvalue weighted by atomic mass is 9.90. The van der Waals surface area contributed by atoms with Crippen molar-refractivity contribution in [2.75, 3.05) is 39.4 Å². The van der Waals surface area contributed by atoms with Gasteiger partial charge in [-0.1, -0.05) is 0 Å². The fourth-order valence-corrected chi connectivity index (χ4v) is 2.40. The van der Waals surface area contributed by atoms with E-state index in [1.165, 1.54) is 0 Å². The Kier molecular flexibility index (Phi) is 6.19. The number of nitrogens with one attached hydrogen (secondary N) is 1. The van der Waals surface area contributed by atoms with E-state index < -0.39 is 0 Å². The van der Waals surface area contributed by atoms with E-state index in [-0.39, 0.29) is 24.4 Å². The van der Waals surface area contributed by atoms with Gasteiger partial charge in [0, 0.05) is 13.1 Å². The molecule has 0 aliphatic carbocycles. The number of piperidine rings is 1. The number of ether oxygens (including phenoxy) is 1. The van der Waals surface area contributed by atoms with Gasteiger partial charge in [-0.05, 0) is 31.8 Å². The molecule has 0 aromatic carbocycles. The first-order valence-electron chi connectivity index (χ1n) is 6.12. The van der Waals surface area contributed by atoms with Crippen LogP contribution in [0.15, 0.2) is 0 Å². The molecule has 100 valence electrons. The molecule has 0 saturated carbocycles. The monoisotopic (exact) mass is 263 g/mol. The summed E-state index contributed by atoms with van der Waals surface area (Å²) in [7, 11) is 0. The van der Waals surface area contributed by atoms with Crippen LogP contribution in [0.5, 0.6) is 0 Å². The van der Waals surface area contributed by atoms with Crippen LogP contribution in [0.4, 0.5) is 0 Å². The molecular formula is C11H22ClN3O2. The van der Waals surface area contributed by atoms with Crippen molar-refractivity contribution in [3.05, 3.63) is 0 Å². The van der Waals surface area contributed by atoms with Crippen molar-refractivity contribution in [3.63, 3.8) is 0 Å². The average molecular weight is 264 g/mol. The lowest BCUT2D eigenvalue weighted by Crippen LogP contribution is -2.52. The molecule has 6 heteroatoms. The Morgan fingerprint density at radius 1 is 1.29 bits per heavy atom. The van der Waals surface area contributed by atoms with Crippen LogP contribution >= 0.6 is 12.4 Å². The molecule has 1 amide bonds. The Hall–Kier alpha value is -0.360. The third kappa shape index (κ3) is 3.81. The molecule has 0 spiro atoms. The number of carbonyl (C=O) groups is 1. The Bertz CT molecular complexity index is 241. The second-order valence-corrected chi connectivity index (χ2v) is 4.55. The minimum Gasteiger partial charge on any atom is -0.378 e. The summed E-state index contributed by atoms with van der Waals surface area (Å²) in [6.45, 7) is 4.63. The lowest BCUT2D eigenvalue weighted by molar-refractivity contribution is -0.138. The molecule has 1 unspecified atom stereocenters. The minimum atomic E-state index is -0.319. The number of nitrogens with two attached hydrogens (primary N) is 1. The number of halogens is 1. The Morgan fingerprint density at radius 3 is 2.47 bits per heavy atom. The second-order valence-electron chi connectivity index (χ2n) is 4.55. The van der Waals surface area contributed by atoms with Crippen molar-refractivity contribution >= 4 is 18.3 Å². The predicted molar refractivity (Wildman–Crippen MR) is 68.2 cm³/mol. The Balaban J connectivity index is 0.00000144. The van der Waals surface area contributed by atoms with E-state index in [1.54, 1.807) is 0 Å². The van der Waals surface area contributed by atoms with E-state index in [9.17, 15) is 4.79 Å². The normalized spacial score (nSPS) is 23.9. The SMILES string of the molecule is Cl.NC(C(=O)N1CCOCC1)C1CCNCC1. The van der Waals surface area contributed by atoms with Crippen LogP contribution in [0.1, 0.15) is 12.8 Å². The van der Waals surface area contributed by atoms with Crippen molar-refractivity contribution in [2.45, 2.75) is 18.9 Å². The maximum absolute atomic E-state index is 12.1. The van der Waals surface area contributed by atoms with Crippen LogP contribution in [-0.4, -0.2) is 56.2 Å².